The van der Waals surface area contributed by atoms with Crippen LogP contribution in [0.5, 0.6) is 0 Å². The molecule has 1 saturated heterocycles. The molecule has 1 aromatic heterocycles. The fourth-order valence-corrected chi connectivity index (χ4v) is 2.08. The summed E-state index contributed by atoms with van der Waals surface area (Å²) in [5, 5.41) is 0.510. The molecule has 0 bridgehead atoms. The van der Waals surface area contributed by atoms with E-state index in [0.29, 0.717) is 17.5 Å². The highest BCUT2D eigenvalue weighted by atomic mass is 35.5. The maximum absolute atomic E-state index is 11.5. The van der Waals surface area contributed by atoms with Gasteiger partial charge in [0, 0.05) is 13.1 Å². The topological polar surface area (TPSA) is 55.3 Å². The number of esters is 1. The van der Waals surface area contributed by atoms with Crippen LogP contribution in [0.25, 0.3) is 0 Å². The molecule has 0 radical (unpaired) electrons. The summed E-state index contributed by atoms with van der Waals surface area (Å²) >= 11 is 5.73. The van der Waals surface area contributed by atoms with Crippen molar-refractivity contribution < 1.29 is 9.53 Å². The molecule has 1 unspecified atom stereocenters. The summed E-state index contributed by atoms with van der Waals surface area (Å²) < 4.78 is 4.77. The van der Waals surface area contributed by atoms with Gasteiger partial charge in [0.1, 0.15) is 0 Å². The van der Waals surface area contributed by atoms with Crippen molar-refractivity contribution in [3.05, 3.63) is 17.4 Å². The van der Waals surface area contributed by atoms with Crippen molar-refractivity contribution in [1.29, 1.82) is 0 Å². The fourth-order valence-electron chi connectivity index (χ4n) is 1.99. The number of rotatable bonds is 2. The normalized spacial score (nSPS) is 20.1. The minimum atomic E-state index is -0.163. The Bertz CT molecular complexity index is 396. The maximum atomic E-state index is 11.5. The van der Waals surface area contributed by atoms with Gasteiger partial charge in [-0.2, -0.15) is 0 Å². The second-order valence-electron chi connectivity index (χ2n) is 4.01. The van der Waals surface area contributed by atoms with Crippen LogP contribution >= 0.6 is 11.6 Å². The van der Waals surface area contributed by atoms with Gasteiger partial charge in [0.05, 0.1) is 30.4 Å². The summed E-state index contributed by atoms with van der Waals surface area (Å²) in [6.45, 7) is 1.46. The van der Waals surface area contributed by atoms with E-state index in [1.165, 1.54) is 7.11 Å². The molecule has 0 spiro atoms. The molecule has 1 fully saturated rings. The average molecular weight is 256 g/mol. The smallest absolute Gasteiger partial charge is 0.310 e. The number of aromatic nitrogens is 2. The third kappa shape index (κ3) is 2.85. The standard InChI is InChI=1S/C11H14ClN3O2/c1-17-10(16)8-3-2-4-15(7-8)11-13-5-9(12)6-14-11/h5-6,8H,2-4,7H2,1H3. The number of hydrogen-bond donors (Lipinski definition) is 0. The molecule has 92 valence electrons. The third-order valence-electron chi connectivity index (χ3n) is 2.85. The summed E-state index contributed by atoms with van der Waals surface area (Å²) in [5.41, 5.74) is 0. The van der Waals surface area contributed by atoms with Crippen molar-refractivity contribution in [3.63, 3.8) is 0 Å². The molecular weight excluding hydrogens is 242 g/mol. The summed E-state index contributed by atoms with van der Waals surface area (Å²) in [5.74, 6) is 0.361. The van der Waals surface area contributed by atoms with E-state index in [4.69, 9.17) is 16.3 Å². The van der Waals surface area contributed by atoms with Gasteiger partial charge in [-0.1, -0.05) is 11.6 Å². The predicted molar refractivity (Wildman–Crippen MR) is 64.0 cm³/mol. The van der Waals surface area contributed by atoms with E-state index in [1.807, 2.05) is 4.90 Å². The Hall–Kier alpha value is -1.36. The van der Waals surface area contributed by atoms with Gasteiger partial charge in [0.2, 0.25) is 5.95 Å². The first-order chi connectivity index (χ1) is 8.20. The van der Waals surface area contributed by atoms with Gasteiger partial charge < -0.3 is 9.64 Å². The molecule has 17 heavy (non-hydrogen) atoms. The van der Waals surface area contributed by atoms with Gasteiger partial charge in [-0.05, 0) is 12.8 Å². The molecular formula is C11H14ClN3O2. The van der Waals surface area contributed by atoms with Crippen LogP contribution in [0.1, 0.15) is 12.8 Å². The van der Waals surface area contributed by atoms with Gasteiger partial charge in [-0.25, -0.2) is 9.97 Å². The van der Waals surface area contributed by atoms with Crippen LogP contribution in [-0.2, 0) is 9.53 Å². The summed E-state index contributed by atoms with van der Waals surface area (Å²) in [4.78, 5) is 21.8. The Labute approximate surface area is 105 Å². The average Bonchev–Trinajstić information content (AvgIpc) is 2.39. The molecule has 6 heteroatoms. The van der Waals surface area contributed by atoms with Gasteiger partial charge in [0.25, 0.3) is 0 Å². The number of piperidine rings is 1. The number of anilines is 1. The molecule has 1 atom stereocenters. The Balaban J connectivity index is 2.06. The third-order valence-corrected chi connectivity index (χ3v) is 3.04. The van der Waals surface area contributed by atoms with E-state index < -0.39 is 0 Å². The van der Waals surface area contributed by atoms with Gasteiger partial charge in [0.15, 0.2) is 0 Å². The van der Waals surface area contributed by atoms with Crippen LogP contribution in [0.2, 0.25) is 5.02 Å². The van der Waals surface area contributed by atoms with Crippen molar-refractivity contribution >= 4 is 23.5 Å². The Kier molecular flexibility index (Phi) is 3.78. The lowest BCUT2D eigenvalue weighted by molar-refractivity contribution is -0.145. The minimum absolute atomic E-state index is 0.0898. The quantitative estimate of drug-likeness (QED) is 0.750. The second kappa shape index (κ2) is 5.31. The van der Waals surface area contributed by atoms with Crippen molar-refractivity contribution in [3.8, 4) is 0 Å². The number of carbonyl (C=O) groups excluding carboxylic acids is 1. The largest absolute Gasteiger partial charge is 0.469 e. The van der Waals surface area contributed by atoms with E-state index in [-0.39, 0.29) is 11.9 Å². The molecule has 1 aliphatic rings. The predicted octanol–water partition coefficient (Wildman–Crippen LogP) is 1.52. The van der Waals surface area contributed by atoms with Crippen molar-refractivity contribution in [2.24, 2.45) is 5.92 Å². The van der Waals surface area contributed by atoms with Crippen LogP contribution in [0.15, 0.2) is 12.4 Å². The van der Waals surface area contributed by atoms with E-state index in [1.54, 1.807) is 12.4 Å². The Morgan fingerprint density at radius 3 is 2.88 bits per heavy atom. The van der Waals surface area contributed by atoms with Crippen LogP contribution in [0, 0.1) is 5.92 Å². The SMILES string of the molecule is COC(=O)C1CCCN(c2ncc(Cl)cn2)C1. The van der Waals surface area contributed by atoms with Crippen molar-refractivity contribution in [2.75, 3.05) is 25.1 Å². The molecule has 1 aliphatic heterocycles. The molecule has 0 aliphatic carbocycles. The molecule has 0 saturated carbocycles. The van der Waals surface area contributed by atoms with Crippen LogP contribution in [0.4, 0.5) is 5.95 Å². The summed E-state index contributed by atoms with van der Waals surface area (Å²) in [7, 11) is 1.42. The lowest BCUT2D eigenvalue weighted by Gasteiger charge is -2.31. The fraction of sp³-hybridized carbons (Fsp3) is 0.545. The Morgan fingerprint density at radius 1 is 1.53 bits per heavy atom. The van der Waals surface area contributed by atoms with Crippen LogP contribution in [0.3, 0.4) is 0 Å². The van der Waals surface area contributed by atoms with Crippen molar-refractivity contribution in [2.45, 2.75) is 12.8 Å². The van der Waals surface area contributed by atoms with Gasteiger partial charge in [-0.3, -0.25) is 4.79 Å². The first-order valence-electron chi connectivity index (χ1n) is 5.51. The zero-order valence-electron chi connectivity index (χ0n) is 9.60. The molecule has 1 aromatic rings. The van der Waals surface area contributed by atoms with E-state index >= 15 is 0 Å². The number of nitrogens with zero attached hydrogens (tertiary/aromatic N) is 3. The van der Waals surface area contributed by atoms with E-state index in [9.17, 15) is 4.79 Å². The molecule has 0 amide bonds. The molecule has 0 N–H and O–H groups in total. The monoisotopic (exact) mass is 255 g/mol. The summed E-state index contributed by atoms with van der Waals surface area (Å²) in [6, 6.07) is 0. The van der Waals surface area contributed by atoms with E-state index in [0.717, 1.165) is 19.4 Å². The van der Waals surface area contributed by atoms with Gasteiger partial charge >= 0.3 is 5.97 Å². The lowest BCUT2D eigenvalue weighted by Crippen LogP contribution is -2.40. The molecule has 0 aromatic carbocycles. The molecule has 5 nitrogen and oxygen atoms in total. The maximum Gasteiger partial charge on any atom is 0.310 e. The number of ether oxygens (including phenoxy) is 1. The first-order valence-corrected chi connectivity index (χ1v) is 5.89. The number of hydrogen-bond acceptors (Lipinski definition) is 5. The second-order valence-corrected chi connectivity index (χ2v) is 4.45. The van der Waals surface area contributed by atoms with Gasteiger partial charge in [-0.15, -0.1) is 0 Å². The first kappa shape index (κ1) is 12.1. The lowest BCUT2D eigenvalue weighted by atomic mass is 9.98. The molecule has 2 rings (SSSR count). The zero-order valence-corrected chi connectivity index (χ0v) is 10.4. The summed E-state index contributed by atoms with van der Waals surface area (Å²) in [6.07, 6.45) is 4.92. The highest BCUT2D eigenvalue weighted by molar-refractivity contribution is 6.30. The highest BCUT2D eigenvalue weighted by Gasteiger charge is 2.27. The highest BCUT2D eigenvalue weighted by Crippen LogP contribution is 2.21. The van der Waals surface area contributed by atoms with Crippen molar-refractivity contribution in [1.82, 2.24) is 9.97 Å². The van der Waals surface area contributed by atoms with Crippen LogP contribution < -0.4 is 4.90 Å². The Morgan fingerprint density at radius 2 is 2.24 bits per heavy atom. The molecule has 2 heterocycles. The van der Waals surface area contributed by atoms with Crippen LogP contribution in [-0.4, -0.2) is 36.1 Å². The number of carbonyl (C=O) groups is 1. The van der Waals surface area contributed by atoms with E-state index in [2.05, 4.69) is 9.97 Å². The number of halogens is 1. The zero-order chi connectivity index (χ0) is 12.3. The minimum Gasteiger partial charge on any atom is -0.469 e. The number of methoxy groups -OCH3 is 1.